The summed E-state index contributed by atoms with van der Waals surface area (Å²) in [5, 5.41) is 11.5. The predicted molar refractivity (Wildman–Crippen MR) is 133 cm³/mol. The molecule has 1 amide bonds. The number of carbonyl (C=O) groups is 2. The van der Waals surface area contributed by atoms with Crippen LogP contribution >= 0.6 is 0 Å². The van der Waals surface area contributed by atoms with E-state index < -0.39 is 17.7 Å². The number of fused-ring (bicyclic) bond motifs is 1. The van der Waals surface area contributed by atoms with Crippen LogP contribution in [0.15, 0.2) is 58.7 Å². The Balaban J connectivity index is 1.69. The smallest absolute Gasteiger partial charge is 0.296 e. The number of methoxy groups -OCH3 is 3. The van der Waals surface area contributed by atoms with Crippen LogP contribution in [0.3, 0.4) is 0 Å². The number of hydrogen-bond acceptors (Lipinski definition) is 8. The van der Waals surface area contributed by atoms with Crippen molar-refractivity contribution in [2.45, 2.75) is 32.0 Å². The Kier molecular flexibility index (Phi) is 6.29. The van der Waals surface area contributed by atoms with Crippen molar-refractivity contribution in [2.24, 2.45) is 0 Å². The van der Waals surface area contributed by atoms with Crippen LogP contribution in [-0.4, -0.2) is 49.1 Å². The molecule has 0 spiro atoms. The molecule has 0 radical (unpaired) electrons. The fraction of sp³-hybridized carbons (Fsp3) is 0.286. The number of ether oxygens (including phenoxy) is 4. The topological polar surface area (TPSA) is 108 Å². The standard InChI is InChI=1S/C28H27NO8/c1-15-10-17-11-16(7-8-20(17)37-15)25(30)23-24(18-12-21(33-2)27(35-4)22(13-18)34-3)29(28(32)26(23)31)14-19-6-5-9-36-19/h5-9,11-13,15,24,30H,10,14H2,1-4H3/b25-23-. The summed E-state index contributed by atoms with van der Waals surface area (Å²) in [6.07, 6.45) is 2.19. The van der Waals surface area contributed by atoms with Crippen molar-refractivity contribution in [3.63, 3.8) is 0 Å². The number of likely N-dealkylation sites (tertiary alicyclic amines) is 1. The van der Waals surface area contributed by atoms with Crippen molar-refractivity contribution < 1.29 is 38.1 Å². The summed E-state index contributed by atoms with van der Waals surface area (Å²) >= 11 is 0. The molecule has 2 atom stereocenters. The van der Waals surface area contributed by atoms with Gasteiger partial charge in [0, 0.05) is 12.0 Å². The van der Waals surface area contributed by atoms with Gasteiger partial charge in [0.05, 0.1) is 45.8 Å². The Morgan fingerprint density at radius 3 is 2.41 bits per heavy atom. The fourth-order valence-electron chi connectivity index (χ4n) is 4.94. The lowest BCUT2D eigenvalue weighted by molar-refractivity contribution is -0.140. The van der Waals surface area contributed by atoms with Crippen LogP contribution in [0.25, 0.3) is 5.76 Å². The minimum absolute atomic E-state index is 0.0190. The Bertz CT molecular complexity index is 1370. The molecule has 2 aliphatic heterocycles. The first-order valence-electron chi connectivity index (χ1n) is 11.8. The number of aliphatic hydroxyl groups excluding tert-OH is 1. The molecular formula is C28H27NO8. The molecule has 9 heteroatoms. The van der Waals surface area contributed by atoms with E-state index in [1.165, 1.54) is 32.5 Å². The van der Waals surface area contributed by atoms with Gasteiger partial charge in [-0.1, -0.05) is 0 Å². The van der Waals surface area contributed by atoms with Crippen molar-refractivity contribution in [1.29, 1.82) is 0 Å². The zero-order valence-electron chi connectivity index (χ0n) is 20.9. The minimum atomic E-state index is -0.942. The molecule has 2 unspecified atom stereocenters. The summed E-state index contributed by atoms with van der Waals surface area (Å²) in [5.74, 6) is 0.466. The van der Waals surface area contributed by atoms with Gasteiger partial charge in [-0.3, -0.25) is 9.59 Å². The number of rotatable bonds is 7. The van der Waals surface area contributed by atoms with Gasteiger partial charge in [0.2, 0.25) is 5.75 Å². The van der Waals surface area contributed by atoms with Crippen molar-refractivity contribution in [1.82, 2.24) is 4.90 Å². The number of hydrogen-bond donors (Lipinski definition) is 1. The van der Waals surface area contributed by atoms with Crippen LogP contribution in [0.1, 0.15) is 35.4 Å². The first-order valence-corrected chi connectivity index (χ1v) is 11.8. The average molecular weight is 506 g/mol. The Morgan fingerprint density at radius 2 is 1.78 bits per heavy atom. The first-order chi connectivity index (χ1) is 17.9. The molecule has 1 aromatic heterocycles. The predicted octanol–water partition coefficient (Wildman–Crippen LogP) is 4.25. The molecule has 2 aromatic carbocycles. The SMILES string of the molecule is COc1cc(C2/C(=C(/O)c3ccc4c(c3)CC(C)O4)C(=O)C(=O)N2Cc2ccco2)cc(OC)c1OC. The molecule has 9 nitrogen and oxygen atoms in total. The number of carbonyl (C=O) groups excluding carboxylic acids is 2. The van der Waals surface area contributed by atoms with E-state index in [-0.39, 0.29) is 24.0 Å². The van der Waals surface area contributed by atoms with Gasteiger partial charge < -0.3 is 33.4 Å². The third-order valence-corrected chi connectivity index (χ3v) is 6.62. The van der Waals surface area contributed by atoms with E-state index >= 15 is 0 Å². The maximum atomic E-state index is 13.4. The van der Waals surface area contributed by atoms with Gasteiger partial charge in [0.15, 0.2) is 11.5 Å². The van der Waals surface area contributed by atoms with Crippen LogP contribution in [0, 0.1) is 0 Å². The molecular weight excluding hydrogens is 478 g/mol. The third kappa shape index (κ3) is 4.16. The third-order valence-electron chi connectivity index (χ3n) is 6.62. The van der Waals surface area contributed by atoms with E-state index in [4.69, 9.17) is 23.4 Å². The summed E-state index contributed by atoms with van der Waals surface area (Å²) in [4.78, 5) is 28.1. The highest BCUT2D eigenvalue weighted by atomic mass is 16.5. The molecule has 0 saturated carbocycles. The molecule has 37 heavy (non-hydrogen) atoms. The Labute approximate surface area is 213 Å². The molecule has 1 N–H and O–H groups in total. The molecule has 5 rings (SSSR count). The second-order valence-corrected chi connectivity index (χ2v) is 8.92. The van der Waals surface area contributed by atoms with Crippen LogP contribution in [0.2, 0.25) is 0 Å². The van der Waals surface area contributed by atoms with E-state index in [0.717, 1.165) is 11.3 Å². The molecule has 0 aliphatic carbocycles. The molecule has 0 bridgehead atoms. The largest absolute Gasteiger partial charge is 0.507 e. The second-order valence-electron chi connectivity index (χ2n) is 8.92. The average Bonchev–Trinajstić information content (AvgIpc) is 3.61. The molecule has 3 aromatic rings. The minimum Gasteiger partial charge on any atom is -0.507 e. The van der Waals surface area contributed by atoms with Crippen molar-refractivity contribution >= 4 is 17.4 Å². The lowest BCUT2D eigenvalue weighted by Crippen LogP contribution is -2.29. The summed E-state index contributed by atoms with van der Waals surface area (Å²) < 4.78 is 27.7. The summed E-state index contributed by atoms with van der Waals surface area (Å²) in [5.41, 5.74) is 1.80. The molecule has 1 saturated heterocycles. The molecule has 2 aliphatic rings. The first kappa shape index (κ1) is 24.3. The quantitative estimate of drug-likeness (QED) is 0.289. The fourth-order valence-corrected chi connectivity index (χ4v) is 4.94. The second kappa shape index (κ2) is 9.57. The van der Waals surface area contributed by atoms with Crippen LogP contribution in [-0.2, 0) is 22.6 Å². The number of nitrogens with zero attached hydrogens (tertiary/aromatic N) is 1. The van der Waals surface area contributed by atoms with E-state index in [1.807, 2.05) is 6.92 Å². The summed E-state index contributed by atoms with van der Waals surface area (Å²) in [7, 11) is 4.45. The number of ketones is 1. The number of amides is 1. The zero-order chi connectivity index (χ0) is 26.3. The van der Waals surface area contributed by atoms with Crippen LogP contribution in [0.5, 0.6) is 23.0 Å². The number of aliphatic hydroxyl groups is 1. The highest BCUT2D eigenvalue weighted by Gasteiger charge is 2.47. The molecule has 3 heterocycles. The lowest BCUT2D eigenvalue weighted by Gasteiger charge is -2.26. The molecule has 1 fully saturated rings. The van der Waals surface area contributed by atoms with Crippen molar-refractivity contribution in [3.05, 3.63) is 76.8 Å². The molecule has 192 valence electrons. The van der Waals surface area contributed by atoms with Crippen LogP contribution < -0.4 is 18.9 Å². The number of furan rings is 1. The van der Waals surface area contributed by atoms with Gasteiger partial charge >= 0.3 is 0 Å². The van der Waals surface area contributed by atoms with E-state index in [2.05, 4.69) is 0 Å². The van der Waals surface area contributed by atoms with Gasteiger partial charge in [-0.2, -0.15) is 0 Å². The number of benzene rings is 2. The van der Waals surface area contributed by atoms with Gasteiger partial charge in [0.1, 0.15) is 23.4 Å². The zero-order valence-corrected chi connectivity index (χ0v) is 20.9. The maximum absolute atomic E-state index is 13.4. The van der Waals surface area contributed by atoms with E-state index in [1.54, 1.807) is 42.5 Å². The summed E-state index contributed by atoms with van der Waals surface area (Å²) in [6, 6.07) is 11.0. The van der Waals surface area contributed by atoms with Gasteiger partial charge in [-0.15, -0.1) is 0 Å². The highest BCUT2D eigenvalue weighted by molar-refractivity contribution is 6.46. The lowest BCUT2D eigenvalue weighted by atomic mass is 9.94. The van der Waals surface area contributed by atoms with Gasteiger partial charge in [-0.25, -0.2) is 0 Å². The Morgan fingerprint density at radius 1 is 1.05 bits per heavy atom. The summed E-state index contributed by atoms with van der Waals surface area (Å²) in [6.45, 7) is 1.98. The highest BCUT2D eigenvalue weighted by Crippen LogP contribution is 2.46. The van der Waals surface area contributed by atoms with E-state index in [9.17, 15) is 14.7 Å². The monoisotopic (exact) mass is 505 g/mol. The maximum Gasteiger partial charge on any atom is 0.296 e. The van der Waals surface area contributed by atoms with Crippen LogP contribution in [0.4, 0.5) is 0 Å². The Hall–Kier alpha value is -4.40. The van der Waals surface area contributed by atoms with Gasteiger partial charge in [0.25, 0.3) is 11.7 Å². The normalized spacial score (nSPS) is 20.1. The van der Waals surface area contributed by atoms with E-state index in [0.29, 0.717) is 40.6 Å². The van der Waals surface area contributed by atoms with Gasteiger partial charge in [-0.05, 0) is 60.5 Å². The van der Waals surface area contributed by atoms with Crippen molar-refractivity contribution in [3.8, 4) is 23.0 Å². The van der Waals surface area contributed by atoms with Crippen molar-refractivity contribution in [2.75, 3.05) is 21.3 Å². The number of Topliss-reactive ketones (excluding diaryl/α,β-unsaturated/α-hetero) is 1.